The summed E-state index contributed by atoms with van der Waals surface area (Å²) in [5, 5.41) is 14.6. The van der Waals surface area contributed by atoms with Gasteiger partial charge in [-0.2, -0.15) is 5.10 Å². The maximum Gasteiger partial charge on any atom is 0.107 e. The largest absolute Gasteiger partial charge is 0.384 e. The molecule has 1 aromatic heterocycles. The van der Waals surface area contributed by atoms with Crippen LogP contribution in [0.2, 0.25) is 0 Å². The second-order valence-corrected chi connectivity index (χ2v) is 5.33. The Morgan fingerprint density at radius 1 is 1.26 bits per heavy atom. The normalized spacial score (nSPS) is 17.2. The van der Waals surface area contributed by atoms with Crippen LogP contribution in [0.3, 0.4) is 0 Å². The van der Waals surface area contributed by atoms with Crippen molar-refractivity contribution >= 4 is 0 Å². The van der Waals surface area contributed by atoms with E-state index in [1.165, 1.54) is 24.8 Å². The molecule has 3 rings (SSSR count). The van der Waals surface area contributed by atoms with Crippen LogP contribution in [0.1, 0.15) is 54.9 Å². The van der Waals surface area contributed by atoms with Crippen LogP contribution >= 0.6 is 0 Å². The molecule has 1 unspecified atom stereocenters. The van der Waals surface area contributed by atoms with Crippen LogP contribution in [0.15, 0.2) is 36.7 Å². The van der Waals surface area contributed by atoms with Gasteiger partial charge in [-0.05, 0) is 36.8 Å². The highest BCUT2D eigenvalue weighted by molar-refractivity contribution is 5.32. The zero-order valence-electron chi connectivity index (χ0n) is 11.3. The first kappa shape index (κ1) is 12.4. The van der Waals surface area contributed by atoms with Crippen molar-refractivity contribution in [3.63, 3.8) is 0 Å². The molecule has 100 valence electrons. The molecule has 3 heteroatoms. The summed E-state index contributed by atoms with van der Waals surface area (Å²) >= 11 is 0. The van der Waals surface area contributed by atoms with Gasteiger partial charge in [0.2, 0.25) is 0 Å². The number of hydrogen-bond donors (Lipinski definition) is 1. The highest BCUT2D eigenvalue weighted by Crippen LogP contribution is 2.36. The summed E-state index contributed by atoms with van der Waals surface area (Å²) in [5.41, 5.74) is 3.21. The van der Waals surface area contributed by atoms with Crippen LogP contribution in [-0.2, 0) is 6.54 Å². The molecule has 1 heterocycles. The van der Waals surface area contributed by atoms with E-state index in [1.807, 2.05) is 29.9 Å². The molecular formula is C16H20N2O. The fourth-order valence-electron chi connectivity index (χ4n) is 2.58. The zero-order chi connectivity index (χ0) is 13.2. The Balaban J connectivity index is 1.77. The number of nitrogens with zero attached hydrogens (tertiary/aromatic N) is 2. The van der Waals surface area contributed by atoms with Crippen molar-refractivity contribution < 1.29 is 5.11 Å². The standard InChI is InChI=1S/C16H20N2O/c1-2-18-11-15(10-17-18)16(19)14-8-6-13(7-9-14)12-4-3-5-12/h6-12,16,19H,2-5H2,1H3. The fourth-order valence-corrected chi connectivity index (χ4v) is 2.58. The van der Waals surface area contributed by atoms with E-state index in [2.05, 4.69) is 17.2 Å². The Hall–Kier alpha value is -1.61. The van der Waals surface area contributed by atoms with E-state index >= 15 is 0 Å². The Morgan fingerprint density at radius 3 is 2.53 bits per heavy atom. The number of aliphatic hydroxyl groups excluding tert-OH is 1. The molecule has 1 aliphatic carbocycles. The Morgan fingerprint density at radius 2 is 2.00 bits per heavy atom. The van der Waals surface area contributed by atoms with E-state index in [4.69, 9.17) is 0 Å². The minimum Gasteiger partial charge on any atom is -0.384 e. The van der Waals surface area contributed by atoms with Gasteiger partial charge in [-0.15, -0.1) is 0 Å². The summed E-state index contributed by atoms with van der Waals surface area (Å²) in [4.78, 5) is 0. The van der Waals surface area contributed by atoms with E-state index in [-0.39, 0.29) is 0 Å². The van der Waals surface area contributed by atoms with Gasteiger partial charge in [-0.1, -0.05) is 30.7 Å². The molecule has 1 saturated carbocycles. The summed E-state index contributed by atoms with van der Waals surface area (Å²) in [6.07, 6.45) is 7.05. The van der Waals surface area contributed by atoms with Crippen LogP contribution in [0, 0.1) is 0 Å². The molecule has 1 fully saturated rings. The maximum absolute atomic E-state index is 10.3. The van der Waals surface area contributed by atoms with Gasteiger partial charge in [-0.25, -0.2) is 0 Å². The molecule has 0 bridgehead atoms. The number of aryl methyl sites for hydroxylation is 1. The van der Waals surface area contributed by atoms with Crippen LogP contribution < -0.4 is 0 Å². The van der Waals surface area contributed by atoms with Gasteiger partial charge in [0, 0.05) is 18.3 Å². The lowest BCUT2D eigenvalue weighted by Crippen LogP contribution is -2.08. The molecule has 0 radical (unpaired) electrons. The van der Waals surface area contributed by atoms with E-state index in [1.54, 1.807) is 6.20 Å². The minimum atomic E-state index is -0.573. The molecule has 1 aliphatic rings. The van der Waals surface area contributed by atoms with E-state index < -0.39 is 6.10 Å². The van der Waals surface area contributed by atoms with Crippen LogP contribution in [-0.4, -0.2) is 14.9 Å². The monoisotopic (exact) mass is 256 g/mol. The van der Waals surface area contributed by atoms with Crippen LogP contribution in [0.4, 0.5) is 0 Å². The van der Waals surface area contributed by atoms with Crippen molar-refractivity contribution in [2.45, 2.75) is 44.8 Å². The van der Waals surface area contributed by atoms with E-state index in [0.29, 0.717) is 0 Å². The van der Waals surface area contributed by atoms with Crippen molar-refractivity contribution in [1.29, 1.82) is 0 Å². The minimum absolute atomic E-state index is 0.573. The Labute approximate surface area is 113 Å². The van der Waals surface area contributed by atoms with Gasteiger partial charge < -0.3 is 5.11 Å². The summed E-state index contributed by atoms with van der Waals surface area (Å²) < 4.78 is 1.83. The van der Waals surface area contributed by atoms with Crippen molar-refractivity contribution in [3.05, 3.63) is 53.3 Å². The fraction of sp³-hybridized carbons (Fsp3) is 0.438. The highest BCUT2D eigenvalue weighted by Gasteiger charge is 2.20. The molecule has 1 N–H and O–H groups in total. The van der Waals surface area contributed by atoms with Crippen molar-refractivity contribution in [1.82, 2.24) is 9.78 Å². The lowest BCUT2D eigenvalue weighted by atomic mass is 9.80. The van der Waals surface area contributed by atoms with E-state index in [0.717, 1.165) is 23.6 Å². The van der Waals surface area contributed by atoms with E-state index in [9.17, 15) is 5.11 Å². The number of aliphatic hydroxyl groups is 1. The predicted molar refractivity (Wildman–Crippen MR) is 75.0 cm³/mol. The van der Waals surface area contributed by atoms with Crippen molar-refractivity contribution in [2.75, 3.05) is 0 Å². The third-order valence-electron chi connectivity index (χ3n) is 4.12. The van der Waals surface area contributed by atoms with Crippen molar-refractivity contribution in [3.8, 4) is 0 Å². The van der Waals surface area contributed by atoms with Gasteiger partial charge >= 0.3 is 0 Å². The summed E-state index contributed by atoms with van der Waals surface area (Å²) in [5.74, 6) is 0.744. The SMILES string of the molecule is CCn1cc(C(O)c2ccc(C3CCC3)cc2)cn1. The van der Waals surface area contributed by atoms with Gasteiger partial charge in [0.1, 0.15) is 6.10 Å². The first-order valence-corrected chi connectivity index (χ1v) is 7.08. The topological polar surface area (TPSA) is 38.0 Å². The molecule has 0 amide bonds. The third kappa shape index (κ3) is 2.43. The average molecular weight is 256 g/mol. The predicted octanol–water partition coefficient (Wildman–Crippen LogP) is 3.25. The second-order valence-electron chi connectivity index (χ2n) is 5.33. The molecule has 19 heavy (non-hydrogen) atoms. The van der Waals surface area contributed by atoms with Gasteiger partial charge in [0.05, 0.1) is 6.20 Å². The number of rotatable bonds is 4. The first-order chi connectivity index (χ1) is 9.28. The second kappa shape index (κ2) is 5.17. The summed E-state index contributed by atoms with van der Waals surface area (Å²) in [7, 11) is 0. The Bertz CT molecular complexity index is 540. The molecule has 0 aliphatic heterocycles. The lowest BCUT2D eigenvalue weighted by Gasteiger charge is -2.26. The third-order valence-corrected chi connectivity index (χ3v) is 4.12. The average Bonchev–Trinajstić information content (AvgIpc) is 2.85. The summed E-state index contributed by atoms with van der Waals surface area (Å²) in [6, 6.07) is 8.41. The van der Waals surface area contributed by atoms with Gasteiger partial charge in [0.15, 0.2) is 0 Å². The molecule has 2 aromatic rings. The molecular weight excluding hydrogens is 236 g/mol. The smallest absolute Gasteiger partial charge is 0.107 e. The Kier molecular flexibility index (Phi) is 3.38. The van der Waals surface area contributed by atoms with Gasteiger partial charge in [-0.3, -0.25) is 4.68 Å². The van der Waals surface area contributed by atoms with Crippen LogP contribution in [0.25, 0.3) is 0 Å². The molecule has 0 spiro atoms. The molecule has 3 nitrogen and oxygen atoms in total. The molecule has 1 aromatic carbocycles. The van der Waals surface area contributed by atoms with Crippen molar-refractivity contribution in [2.24, 2.45) is 0 Å². The summed E-state index contributed by atoms with van der Waals surface area (Å²) in [6.45, 7) is 2.86. The molecule has 0 saturated heterocycles. The van der Waals surface area contributed by atoms with Gasteiger partial charge in [0.25, 0.3) is 0 Å². The number of aromatic nitrogens is 2. The maximum atomic E-state index is 10.3. The molecule has 1 atom stereocenters. The first-order valence-electron chi connectivity index (χ1n) is 7.08. The number of benzene rings is 1. The highest BCUT2D eigenvalue weighted by atomic mass is 16.3. The quantitative estimate of drug-likeness (QED) is 0.911. The number of hydrogen-bond acceptors (Lipinski definition) is 2. The lowest BCUT2D eigenvalue weighted by molar-refractivity contribution is 0.220. The zero-order valence-corrected chi connectivity index (χ0v) is 11.3. The van der Waals surface area contributed by atoms with Crippen LogP contribution in [0.5, 0.6) is 0 Å².